The molecular weight excluding hydrogens is 397 g/mol. The monoisotopic (exact) mass is 407 g/mol. The number of nitrogens with one attached hydrogen (secondary N) is 1. The van der Waals surface area contributed by atoms with Gasteiger partial charge in [-0.25, -0.2) is 0 Å². The summed E-state index contributed by atoms with van der Waals surface area (Å²) in [4.78, 5) is 1.19. The summed E-state index contributed by atoms with van der Waals surface area (Å²) >= 11 is 14.9. The molecule has 0 fully saturated rings. The van der Waals surface area contributed by atoms with E-state index in [-0.39, 0.29) is 6.04 Å². The third kappa shape index (κ3) is 2.99. The molecule has 1 atom stereocenters. The molecule has 2 aromatic rings. The van der Waals surface area contributed by atoms with E-state index in [4.69, 9.17) is 11.6 Å². The lowest BCUT2D eigenvalue weighted by Gasteiger charge is -2.17. The summed E-state index contributed by atoms with van der Waals surface area (Å²) in [6, 6.07) is 8.54. The molecule has 0 spiro atoms. The van der Waals surface area contributed by atoms with E-state index in [0.29, 0.717) is 0 Å². The molecule has 0 radical (unpaired) electrons. The minimum atomic E-state index is 0.147. The van der Waals surface area contributed by atoms with E-state index in [1.165, 1.54) is 16.0 Å². The van der Waals surface area contributed by atoms with Crippen molar-refractivity contribution in [1.82, 2.24) is 5.32 Å². The van der Waals surface area contributed by atoms with Crippen molar-refractivity contribution in [3.63, 3.8) is 0 Å². The molecular formula is C13H12Br2ClNS. The molecule has 0 saturated carbocycles. The number of thiophene rings is 1. The van der Waals surface area contributed by atoms with Gasteiger partial charge in [-0.3, -0.25) is 0 Å². The number of hydrogen-bond acceptors (Lipinski definition) is 2. The van der Waals surface area contributed by atoms with Gasteiger partial charge in [-0.05, 0) is 53.2 Å². The molecule has 1 aromatic carbocycles. The highest BCUT2D eigenvalue weighted by molar-refractivity contribution is 9.11. The highest BCUT2D eigenvalue weighted by Gasteiger charge is 2.18. The minimum absolute atomic E-state index is 0.147. The lowest BCUT2D eigenvalue weighted by Crippen LogP contribution is -2.17. The molecule has 1 N–H and O–H groups in total. The van der Waals surface area contributed by atoms with Crippen molar-refractivity contribution < 1.29 is 0 Å². The van der Waals surface area contributed by atoms with Gasteiger partial charge in [-0.15, -0.1) is 11.3 Å². The highest BCUT2D eigenvalue weighted by Crippen LogP contribution is 2.39. The van der Waals surface area contributed by atoms with Gasteiger partial charge in [0.05, 0.1) is 14.9 Å². The predicted octanol–water partition coefficient (Wildman–Crippen LogP) is 5.54. The van der Waals surface area contributed by atoms with Gasteiger partial charge in [0.15, 0.2) is 0 Å². The quantitative estimate of drug-likeness (QED) is 0.701. The lowest BCUT2D eigenvalue weighted by atomic mass is 10.0. The van der Waals surface area contributed by atoms with E-state index in [1.807, 2.05) is 13.1 Å². The molecule has 96 valence electrons. The molecule has 1 unspecified atom stereocenters. The van der Waals surface area contributed by atoms with Crippen molar-refractivity contribution in [2.24, 2.45) is 0 Å². The second kappa shape index (κ2) is 6.06. The van der Waals surface area contributed by atoms with Crippen LogP contribution in [0.2, 0.25) is 5.02 Å². The number of rotatable bonds is 3. The summed E-state index contributed by atoms with van der Waals surface area (Å²) in [5.41, 5.74) is 2.46. The van der Waals surface area contributed by atoms with Crippen molar-refractivity contribution in [2.75, 3.05) is 7.05 Å². The van der Waals surface area contributed by atoms with E-state index in [2.05, 4.69) is 62.3 Å². The number of hydrogen-bond donors (Lipinski definition) is 1. The Morgan fingerprint density at radius 2 is 2.00 bits per heavy atom. The van der Waals surface area contributed by atoms with Crippen LogP contribution in [0.3, 0.4) is 0 Å². The Labute approximate surface area is 133 Å². The molecule has 0 aliphatic heterocycles. The van der Waals surface area contributed by atoms with Crippen LogP contribution in [0.5, 0.6) is 0 Å². The minimum Gasteiger partial charge on any atom is -0.309 e. The molecule has 1 nitrogen and oxygen atoms in total. The lowest BCUT2D eigenvalue weighted by molar-refractivity contribution is 0.700. The fraction of sp³-hybridized carbons (Fsp3) is 0.231. The van der Waals surface area contributed by atoms with Gasteiger partial charge < -0.3 is 5.32 Å². The first-order valence-corrected chi connectivity index (χ1v) is 8.19. The number of halogens is 3. The maximum absolute atomic E-state index is 6.11. The van der Waals surface area contributed by atoms with Crippen LogP contribution >= 0.6 is 54.8 Å². The highest BCUT2D eigenvalue weighted by atomic mass is 79.9. The summed E-state index contributed by atoms with van der Waals surface area (Å²) in [6.45, 7) is 2.08. The largest absolute Gasteiger partial charge is 0.309 e. The van der Waals surface area contributed by atoms with Crippen molar-refractivity contribution in [3.05, 3.63) is 53.6 Å². The predicted molar refractivity (Wildman–Crippen MR) is 86.8 cm³/mol. The van der Waals surface area contributed by atoms with Crippen LogP contribution in [-0.4, -0.2) is 7.05 Å². The second-order valence-electron chi connectivity index (χ2n) is 4.02. The van der Waals surface area contributed by atoms with Crippen LogP contribution in [0.25, 0.3) is 0 Å². The fourth-order valence-electron chi connectivity index (χ4n) is 1.82. The van der Waals surface area contributed by atoms with E-state index in [9.17, 15) is 0 Å². The van der Waals surface area contributed by atoms with Crippen molar-refractivity contribution in [1.29, 1.82) is 0 Å². The maximum Gasteiger partial charge on any atom is 0.0888 e. The Morgan fingerprint density at radius 1 is 1.28 bits per heavy atom. The van der Waals surface area contributed by atoms with Crippen LogP contribution in [-0.2, 0) is 0 Å². The van der Waals surface area contributed by atoms with Gasteiger partial charge in [0.2, 0.25) is 0 Å². The van der Waals surface area contributed by atoms with E-state index < -0.39 is 0 Å². The Kier molecular flexibility index (Phi) is 4.89. The summed E-state index contributed by atoms with van der Waals surface area (Å²) in [7, 11) is 1.96. The van der Waals surface area contributed by atoms with E-state index >= 15 is 0 Å². The summed E-state index contributed by atoms with van der Waals surface area (Å²) in [5, 5.41) is 4.10. The van der Waals surface area contributed by atoms with Crippen molar-refractivity contribution in [2.45, 2.75) is 13.0 Å². The Bertz CT molecular complexity index is 549. The smallest absolute Gasteiger partial charge is 0.0888 e. The normalized spacial score (nSPS) is 12.7. The number of aryl methyl sites for hydroxylation is 1. The fourth-order valence-corrected chi connectivity index (χ4v) is 4.42. The Balaban J connectivity index is 2.45. The zero-order valence-electron chi connectivity index (χ0n) is 9.93. The first-order valence-electron chi connectivity index (χ1n) is 5.41. The molecule has 0 aliphatic carbocycles. The van der Waals surface area contributed by atoms with E-state index in [1.54, 1.807) is 11.3 Å². The van der Waals surface area contributed by atoms with Gasteiger partial charge in [-0.2, -0.15) is 0 Å². The van der Waals surface area contributed by atoms with Crippen LogP contribution in [0.1, 0.15) is 22.0 Å². The zero-order chi connectivity index (χ0) is 13.3. The Hall–Kier alpha value is 0.130. The van der Waals surface area contributed by atoms with Gasteiger partial charge >= 0.3 is 0 Å². The molecule has 18 heavy (non-hydrogen) atoms. The van der Waals surface area contributed by atoms with Crippen molar-refractivity contribution in [3.8, 4) is 0 Å². The number of benzene rings is 1. The van der Waals surface area contributed by atoms with Gasteiger partial charge in [0, 0.05) is 9.35 Å². The zero-order valence-corrected chi connectivity index (χ0v) is 14.7. The molecule has 5 heteroatoms. The Morgan fingerprint density at radius 3 is 2.50 bits per heavy atom. The molecule has 0 saturated heterocycles. The summed E-state index contributed by atoms with van der Waals surface area (Å²) in [6.07, 6.45) is 0. The summed E-state index contributed by atoms with van der Waals surface area (Å²) in [5.74, 6) is 0. The molecule has 0 bridgehead atoms. The molecule has 0 aliphatic rings. The standard InChI is InChI=1S/C13H12Br2ClNS/c1-7-3-4-8(9(14)5-7)12(17-2)11-6-10(16)13(15)18-11/h3-6,12,17H,1-2H3. The van der Waals surface area contributed by atoms with Gasteiger partial charge in [0.1, 0.15) is 0 Å². The van der Waals surface area contributed by atoms with Crippen LogP contribution in [0.15, 0.2) is 32.5 Å². The van der Waals surface area contributed by atoms with Crippen LogP contribution < -0.4 is 5.32 Å². The van der Waals surface area contributed by atoms with Crippen LogP contribution in [0, 0.1) is 6.92 Å². The SMILES string of the molecule is CNC(c1cc(Cl)c(Br)s1)c1ccc(C)cc1Br. The third-order valence-electron chi connectivity index (χ3n) is 2.70. The van der Waals surface area contributed by atoms with Gasteiger partial charge in [-0.1, -0.05) is 39.7 Å². The average Bonchev–Trinajstić information content (AvgIpc) is 2.63. The summed E-state index contributed by atoms with van der Waals surface area (Å²) < 4.78 is 2.09. The molecule has 0 amide bonds. The molecule has 2 rings (SSSR count). The van der Waals surface area contributed by atoms with Gasteiger partial charge in [0.25, 0.3) is 0 Å². The third-order valence-corrected chi connectivity index (χ3v) is 5.93. The second-order valence-corrected chi connectivity index (χ2v) is 7.68. The first-order chi connectivity index (χ1) is 8.52. The maximum atomic E-state index is 6.11. The molecule has 1 aromatic heterocycles. The van der Waals surface area contributed by atoms with E-state index in [0.717, 1.165) is 13.3 Å². The average molecular weight is 410 g/mol. The topological polar surface area (TPSA) is 12.0 Å². The van der Waals surface area contributed by atoms with Crippen LogP contribution in [0.4, 0.5) is 0 Å². The first kappa shape index (κ1) is 14.5. The molecule has 1 heterocycles. The van der Waals surface area contributed by atoms with Crippen molar-refractivity contribution >= 4 is 54.8 Å².